The molecule has 0 saturated carbocycles. The van der Waals surface area contributed by atoms with Gasteiger partial charge in [-0.3, -0.25) is 4.90 Å². The number of hydrogen-bond donors (Lipinski definition) is 0. The molecular formula is C15H20FN5O4. The molecule has 1 amide bonds. The van der Waals surface area contributed by atoms with Gasteiger partial charge in [-0.15, -0.1) is 4.68 Å². The fourth-order valence-electron chi connectivity index (χ4n) is 2.23. The summed E-state index contributed by atoms with van der Waals surface area (Å²) in [5.74, 6) is -0.423. The van der Waals surface area contributed by atoms with Gasteiger partial charge in [-0.25, -0.2) is 14.0 Å². The van der Waals surface area contributed by atoms with Crippen LogP contribution in [0, 0.1) is 5.82 Å². The molecule has 0 unspecified atom stereocenters. The average molecular weight is 353 g/mol. The first kappa shape index (κ1) is 18.7. The van der Waals surface area contributed by atoms with Crippen molar-refractivity contribution in [2.45, 2.75) is 32.7 Å². The van der Waals surface area contributed by atoms with Gasteiger partial charge in [0, 0.05) is 25.9 Å². The van der Waals surface area contributed by atoms with Crippen molar-refractivity contribution >= 4 is 11.7 Å². The second kappa shape index (κ2) is 7.99. The van der Waals surface area contributed by atoms with E-state index in [-0.39, 0.29) is 12.6 Å². The first-order chi connectivity index (χ1) is 11.9. The van der Waals surface area contributed by atoms with Gasteiger partial charge in [0.05, 0.1) is 6.54 Å². The second-order valence-electron chi connectivity index (χ2n) is 5.48. The molecule has 10 heteroatoms. The van der Waals surface area contributed by atoms with E-state index in [4.69, 9.17) is 9.47 Å². The zero-order valence-corrected chi connectivity index (χ0v) is 14.4. The minimum atomic E-state index is -0.725. The zero-order chi connectivity index (χ0) is 18.6. The summed E-state index contributed by atoms with van der Waals surface area (Å²) in [6, 6.07) is 4.40. The molecule has 0 saturated heterocycles. The van der Waals surface area contributed by atoms with E-state index >= 15 is 0 Å². The molecule has 1 aromatic carbocycles. The highest BCUT2D eigenvalue weighted by Crippen LogP contribution is 2.18. The smallest absolute Gasteiger partial charge is 0.354 e. The summed E-state index contributed by atoms with van der Waals surface area (Å²) in [6.45, 7) is 3.52. The van der Waals surface area contributed by atoms with Crippen LogP contribution in [-0.2, 0) is 16.0 Å². The summed E-state index contributed by atoms with van der Waals surface area (Å²) in [7, 11) is 2.84. The van der Waals surface area contributed by atoms with Crippen LogP contribution in [0.1, 0.15) is 13.8 Å². The van der Waals surface area contributed by atoms with Crippen LogP contribution in [0.4, 0.5) is 14.9 Å². The number of carbonyl (C=O) groups is 1. The average Bonchev–Trinajstić information content (AvgIpc) is 2.94. The van der Waals surface area contributed by atoms with Gasteiger partial charge in [0.2, 0.25) is 0 Å². The summed E-state index contributed by atoms with van der Waals surface area (Å²) >= 11 is 0. The molecule has 0 N–H and O–H groups in total. The molecule has 0 radical (unpaired) electrons. The molecule has 0 fully saturated rings. The molecule has 0 spiro atoms. The van der Waals surface area contributed by atoms with E-state index in [0.29, 0.717) is 10.4 Å². The third-order valence-corrected chi connectivity index (χ3v) is 3.50. The Labute approximate surface area is 143 Å². The van der Waals surface area contributed by atoms with Gasteiger partial charge >= 0.3 is 11.7 Å². The van der Waals surface area contributed by atoms with E-state index in [1.807, 2.05) is 0 Å². The highest BCUT2D eigenvalue weighted by molar-refractivity contribution is 5.93. The number of amides is 1. The van der Waals surface area contributed by atoms with E-state index in [1.54, 1.807) is 13.8 Å². The number of anilines is 1. The number of benzene rings is 1. The largest absolute Gasteiger partial charge is 0.372 e. The molecular weight excluding hydrogens is 333 g/mol. The van der Waals surface area contributed by atoms with Crippen molar-refractivity contribution in [3.05, 3.63) is 40.6 Å². The Bertz CT molecular complexity index is 767. The van der Waals surface area contributed by atoms with Gasteiger partial charge in [0.25, 0.3) is 0 Å². The normalized spacial score (nSPS) is 11.3. The van der Waals surface area contributed by atoms with Crippen LogP contribution < -0.4 is 10.6 Å². The van der Waals surface area contributed by atoms with Crippen LogP contribution >= 0.6 is 0 Å². The summed E-state index contributed by atoms with van der Waals surface area (Å²) < 4.78 is 24.7. The molecule has 1 heterocycles. The maximum absolute atomic E-state index is 13.1. The standard InChI is InChI=1S/C15H20FN5O4/c1-10(2)20(12-7-5-11(16)6-8-12)15(23)21-14(22)19(17-18-21)9-13(24-3)25-4/h5-8,10,13H,9H2,1-4H3. The lowest BCUT2D eigenvalue weighted by atomic mass is 10.2. The Kier molecular flexibility index (Phi) is 5.99. The molecule has 1 aromatic heterocycles. The molecule has 0 bridgehead atoms. The second-order valence-corrected chi connectivity index (χ2v) is 5.48. The van der Waals surface area contributed by atoms with Crippen LogP contribution in [0.15, 0.2) is 29.1 Å². The predicted octanol–water partition coefficient (Wildman–Crippen LogP) is 1.08. The van der Waals surface area contributed by atoms with Crippen LogP contribution in [-0.4, -0.2) is 52.4 Å². The minimum Gasteiger partial charge on any atom is -0.354 e. The van der Waals surface area contributed by atoms with Crippen molar-refractivity contribution in [1.29, 1.82) is 0 Å². The molecule has 9 nitrogen and oxygen atoms in total. The highest BCUT2D eigenvalue weighted by atomic mass is 19.1. The Balaban J connectivity index is 2.33. The highest BCUT2D eigenvalue weighted by Gasteiger charge is 2.25. The van der Waals surface area contributed by atoms with Crippen molar-refractivity contribution in [1.82, 2.24) is 19.8 Å². The number of methoxy groups -OCH3 is 2. The van der Waals surface area contributed by atoms with Gasteiger partial charge in [0.15, 0.2) is 6.29 Å². The van der Waals surface area contributed by atoms with Gasteiger partial charge in [-0.1, -0.05) is 0 Å². The van der Waals surface area contributed by atoms with Crippen LogP contribution in [0.5, 0.6) is 0 Å². The molecule has 0 atom stereocenters. The van der Waals surface area contributed by atoms with Crippen LogP contribution in [0.2, 0.25) is 0 Å². The van der Waals surface area contributed by atoms with E-state index in [0.717, 1.165) is 4.68 Å². The maximum atomic E-state index is 13.1. The van der Waals surface area contributed by atoms with Crippen LogP contribution in [0.3, 0.4) is 0 Å². The van der Waals surface area contributed by atoms with Crippen molar-refractivity contribution in [2.24, 2.45) is 0 Å². The molecule has 0 aliphatic heterocycles. The summed E-state index contributed by atoms with van der Waals surface area (Å²) in [5.41, 5.74) is -0.286. The molecule has 0 aliphatic rings. The number of hydrogen-bond acceptors (Lipinski definition) is 6. The van der Waals surface area contributed by atoms with Crippen LogP contribution in [0.25, 0.3) is 0 Å². The third-order valence-electron chi connectivity index (χ3n) is 3.50. The lowest BCUT2D eigenvalue weighted by Crippen LogP contribution is -2.45. The van der Waals surface area contributed by atoms with E-state index < -0.39 is 23.8 Å². The van der Waals surface area contributed by atoms with E-state index in [1.165, 1.54) is 43.4 Å². The fraction of sp³-hybridized carbons (Fsp3) is 0.467. The molecule has 2 aromatic rings. The summed E-state index contributed by atoms with van der Waals surface area (Å²) in [6.07, 6.45) is -0.698. The van der Waals surface area contributed by atoms with Crippen molar-refractivity contribution in [3.63, 3.8) is 0 Å². The number of nitrogens with zero attached hydrogens (tertiary/aromatic N) is 5. The Morgan fingerprint density at radius 3 is 2.32 bits per heavy atom. The third kappa shape index (κ3) is 4.09. The Hall–Kier alpha value is -2.59. The number of tetrazole rings is 1. The quantitative estimate of drug-likeness (QED) is 0.570. The number of ether oxygens (including phenoxy) is 2. The van der Waals surface area contributed by atoms with Gasteiger partial charge in [0.1, 0.15) is 5.82 Å². The van der Waals surface area contributed by atoms with Crippen molar-refractivity contribution in [3.8, 4) is 0 Å². The molecule has 25 heavy (non-hydrogen) atoms. The lowest BCUT2D eigenvalue weighted by Gasteiger charge is -2.25. The number of carbonyl (C=O) groups excluding carboxylic acids is 1. The SMILES string of the molecule is COC(Cn1nnn(C(=O)N(c2ccc(F)cc2)C(C)C)c1=O)OC. The minimum absolute atomic E-state index is 0.0165. The van der Waals surface area contributed by atoms with E-state index in [2.05, 4.69) is 10.4 Å². The summed E-state index contributed by atoms with van der Waals surface area (Å²) in [4.78, 5) is 26.4. The number of halogens is 1. The van der Waals surface area contributed by atoms with Gasteiger partial charge < -0.3 is 9.47 Å². The van der Waals surface area contributed by atoms with Gasteiger partial charge in [-0.2, -0.15) is 4.68 Å². The first-order valence-corrected chi connectivity index (χ1v) is 7.56. The zero-order valence-electron chi connectivity index (χ0n) is 14.4. The monoisotopic (exact) mass is 353 g/mol. The molecule has 2 rings (SSSR count). The van der Waals surface area contributed by atoms with Crippen molar-refractivity contribution < 1.29 is 18.7 Å². The lowest BCUT2D eigenvalue weighted by molar-refractivity contribution is -0.113. The number of aromatic nitrogens is 4. The predicted molar refractivity (Wildman–Crippen MR) is 86.9 cm³/mol. The fourth-order valence-corrected chi connectivity index (χ4v) is 2.23. The Morgan fingerprint density at radius 1 is 1.20 bits per heavy atom. The van der Waals surface area contributed by atoms with E-state index in [9.17, 15) is 14.0 Å². The summed E-state index contributed by atoms with van der Waals surface area (Å²) in [5, 5.41) is 7.30. The molecule has 136 valence electrons. The Morgan fingerprint density at radius 2 is 1.80 bits per heavy atom. The van der Waals surface area contributed by atoms with Crippen molar-refractivity contribution in [2.75, 3.05) is 19.1 Å². The molecule has 0 aliphatic carbocycles. The maximum Gasteiger partial charge on any atom is 0.372 e. The number of rotatable bonds is 6. The van der Waals surface area contributed by atoms with Gasteiger partial charge in [-0.05, 0) is 48.5 Å². The topological polar surface area (TPSA) is 91.5 Å². The first-order valence-electron chi connectivity index (χ1n) is 7.56.